The highest BCUT2D eigenvalue weighted by Crippen LogP contribution is 2.48. The van der Waals surface area contributed by atoms with E-state index in [2.05, 4.69) is 9.73 Å². The number of ether oxygens (including phenoxy) is 5. The van der Waals surface area contributed by atoms with Crippen molar-refractivity contribution in [1.29, 1.82) is 0 Å². The zero-order valence-corrected chi connectivity index (χ0v) is 16.0. The van der Waals surface area contributed by atoms with Crippen LogP contribution in [0.5, 0.6) is 0 Å². The number of carbonyl (C=O) groups excluding carboxylic acids is 4. The molecule has 1 fully saturated rings. The van der Waals surface area contributed by atoms with Crippen molar-refractivity contribution in [3.63, 3.8) is 0 Å². The molecular formula is C17H23NO9. The average molecular weight is 385 g/mol. The Morgan fingerprint density at radius 3 is 2.19 bits per heavy atom. The second-order valence-corrected chi connectivity index (χ2v) is 5.86. The molecule has 0 spiro atoms. The first-order valence-electron chi connectivity index (χ1n) is 7.91. The van der Waals surface area contributed by atoms with Gasteiger partial charge in [0.1, 0.15) is 0 Å². The van der Waals surface area contributed by atoms with E-state index in [1.807, 2.05) is 0 Å². The summed E-state index contributed by atoms with van der Waals surface area (Å²) in [6.45, 7) is 3.49. The molecule has 0 aromatic rings. The summed E-state index contributed by atoms with van der Waals surface area (Å²) in [5.41, 5.74) is -2.34. The van der Waals surface area contributed by atoms with E-state index < -0.39 is 41.0 Å². The summed E-state index contributed by atoms with van der Waals surface area (Å²) < 4.78 is 24.5. The lowest BCUT2D eigenvalue weighted by molar-refractivity contribution is -0.188. The number of hydrogen-bond acceptors (Lipinski definition) is 10. The zero-order valence-electron chi connectivity index (χ0n) is 16.0. The van der Waals surface area contributed by atoms with Crippen molar-refractivity contribution in [3.8, 4) is 0 Å². The molecular weight excluding hydrogens is 362 g/mol. The van der Waals surface area contributed by atoms with Gasteiger partial charge in [-0.15, -0.1) is 0 Å². The summed E-state index contributed by atoms with van der Waals surface area (Å²) in [5.74, 6) is -7.87. The van der Waals surface area contributed by atoms with Gasteiger partial charge in [0, 0.05) is 19.2 Å². The highest BCUT2D eigenvalue weighted by Gasteiger charge is 2.72. The monoisotopic (exact) mass is 385 g/mol. The van der Waals surface area contributed by atoms with Crippen molar-refractivity contribution in [2.24, 2.45) is 16.3 Å². The van der Waals surface area contributed by atoms with E-state index in [1.165, 1.54) is 7.11 Å². The molecule has 3 atom stereocenters. The first kappa shape index (κ1) is 22.3. The van der Waals surface area contributed by atoms with Crippen molar-refractivity contribution in [2.75, 3.05) is 28.4 Å². The van der Waals surface area contributed by atoms with Gasteiger partial charge < -0.3 is 23.7 Å². The molecule has 0 amide bonds. The van der Waals surface area contributed by atoms with Gasteiger partial charge in [-0.25, -0.2) is 4.79 Å². The first-order chi connectivity index (χ1) is 12.6. The second kappa shape index (κ2) is 8.76. The normalized spacial score (nSPS) is 27.8. The molecule has 1 aliphatic rings. The van der Waals surface area contributed by atoms with Gasteiger partial charge in [0.2, 0.25) is 5.41 Å². The minimum atomic E-state index is -2.34. The zero-order chi connectivity index (χ0) is 20.8. The van der Waals surface area contributed by atoms with Gasteiger partial charge in [-0.1, -0.05) is 0 Å². The van der Waals surface area contributed by atoms with Crippen LogP contribution in [0.4, 0.5) is 0 Å². The quantitative estimate of drug-likeness (QED) is 0.196. The van der Waals surface area contributed by atoms with Gasteiger partial charge in [0.25, 0.3) is 5.79 Å². The van der Waals surface area contributed by atoms with E-state index in [0.717, 1.165) is 39.7 Å². The molecule has 1 saturated heterocycles. The van der Waals surface area contributed by atoms with Crippen LogP contribution in [0.3, 0.4) is 0 Å². The van der Waals surface area contributed by atoms with Crippen LogP contribution in [-0.4, -0.2) is 70.4 Å². The van der Waals surface area contributed by atoms with Crippen LogP contribution in [0, 0.1) is 11.3 Å². The van der Waals surface area contributed by atoms with Crippen LogP contribution in [0.15, 0.2) is 17.1 Å². The third-order valence-corrected chi connectivity index (χ3v) is 3.96. The third-order valence-electron chi connectivity index (χ3n) is 3.96. The summed E-state index contributed by atoms with van der Waals surface area (Å²) >= 11 is 0. The van der Waals surface area contributed by atoms with Gasteiger partial charge >= 0.3 is 23.9 Å². The van der Waals surface area contributed by atoms with Gasteiger partial charge in [0.15, 0.2) is 5.92 Å². The number of aliphatic imine (C=N–C) groups is 1. The third kappa shape index (κ3) is 4.00. The van der Waals surface area contributed by atoms with Gasteiger partial charge in [0.05, 0.1) is 27.5 Å². The Hall–Kier alpha value is -2.75. The number of hydrogen-bond donors (Lipinski definition) is 0. The standard InChI is InChI=1S/C17H23NO9/c1-10(2)18-9-17(26-6)12(13(20)24-4)16(14(21)25-5,15(22)27-17)8-7-11(19)23-3/h7-10,12H,1-6H3/b8-7+,18-9?. The van der Waals surface area contributed by atoms with Crippen LogP contribution in [-0.2, 0) is 42.9 Å². The number of rotatable bonds is 7. The maximum absolute atomic E-state index is 12.8. The molecule has 0 bridgehead atoms. The van der Waals surface area contributed by atoms with Crippen molar-refractivity contribution >= 4 is 30.1 Å². The van der Waals surface area contributed by atoms with E-state index in [4.69, 9.17) is 18.9 Å². The van der Waals surface area contributed by atoms with Gasteiger partial charge in [-0.3, -0.25) is 19.4 Å². The number of esters is 4. The van der Waals surface area contributed by atoms with Crippen LogP contribution in [0.25, 0.3) is 0 Å². The SMILES string of the molecule is COC(=O)/C=C/C1(C(=O)OC)C(=O)OC(C=NC(C)C)(OC)C1C(=O)OC. The van der Waals surface area contributed by atoms with Crippen LogP contribution >= 0.6 is 0 Å². The molecule has 0 saturated carbocycles. The fraction of sp³-hybridized carbons (Fsp3) is 0.588. The number of nitrogens with zero attached hydrogens (tertiary/aromatic N) is 1. The lowest BCUT2D eigenvalue weighted by atomic mass is 9.73. The summed E-state index contributed by atoms with van der Waals surface area (Å²) in [5, 5.41) is 0. The van der Waals surface area contributed by atoms with E-state index >= 15 is 0 Å². The summed E-state index contributed by atoms with van der Waals surface area (Å²) in [6, 6.07) is -0.229. The Morgan fingerprint density at radius 1 is 1.11 bits per heavy atom. The summed E-state index contributed by atoms with van der Waals surface area (Å²) in [4.78, 5) is 53.6. The fourth-order valence-corrected chi connectivity index (χ4v) is 2.63. The Kier molecular flexibility index (Phi) is 7.23. The largest absolute Gasteiger partial charge is 0.469 e. The minimum absolute atomic E-state index is 0.229. The molecule has 0 radical (unpaired) electrons. The molecule has 3 unspecified atom stereocenters. The predicted molar refractivity (Wildman–Crippen MR) is 90.6 cm³/mol. The summed E-state index contributed by atoms with van der Waals surface area (Å²) in [7, 11) is 4.37. The molecule has 1 rings (SSSR count). The molecule has 27 heavy (non-hydrogen) atoms. The Morgan fingerprint density at radius 2 is 1.74 bits per heavy atom. The molecule has 0 N–H and O–H groups in total. The van der Waals surface area contributed by atoms with E-state index in [0.29, 0.717) is 0 Å². The Bertz CT molecular complexity index is 669. The highest BCUT2D eigenvalue weighted by molar-refractivity contribution is 6.11. The van der Waals surface area contributed by atoms with Crippen LogP contribution in [0.1, 0.15) is 13.8 Å². The predicted octanol–water partition coefficient (Wildman–Crippen LogP) is 0.0429. The highest BCUT2D eigenvalue weighted by atomic mass is 16.7. The minimum Gasteiger partial charge on any atom is -0.469 e. The second-order valence-electron chi connectivity index (χ2n) is 5.86. The van der Waals surface area contributed by atoms with Gasteiger partial charge in [-0.05, 0) is 19.9 Å². The number of methoxy groups -OCH3 is 4. The Labute approximate surface area is 156 Å². The molecule has 0 aliphatic carbocycles. The van der Waals surface area contributed by atoms with Crippen LogP contribution < -0.4 is 0 Å². The molecule has 0 aromatic heterocycles. The summed E-state index contributed by atoms with van der Waals surface area (Å²) in [6.07, 6.45) is 2.83. The maximum Gasteiger partial charge on any atom is 0.331 e. The van der Waals surface area contributed by atoms with Crippen molar-refractivity contribution in [1.82, 2.24) is 0 Å². The maximum atomic E-state index is 12.8. The molecule has 0 aromatic carbocycles. The van der Waals surface area contributed by atoms with Crippen molar-refractivity contribution in [3.05, 3.63) is 12.2 Å². The van der Waals surface area contributed by atoms with Crippen molar-refractivity contribution in [2.45, 2.75) is 25.7 Å². The van der Waals surface area contributed by atoms with E-state index in [9.17, 15) is 19.2 Å². The lowest BCUT2D eigenvalue weighted by Crippen LogP contribution is -2.52. The molecule has 10 heteroatoms. The molecule has 150 valence electrons. The fourth-order valence-electron chi connectivity index (χ4n) is 2.63. The smallest absolute Gasteiger partial charge is 0.331 e. The van der Waals surface area contributed by atoms with Crippen molar-refractivity contribution < 1.29 is 42.9 Å². The molecule has 1 heterocycles. The first-order valence-corrected chi connectivity index (χ1v) is 7.91. The van der Waals surface area contributed by atoms with Gasteiger partial charge in [-0.2, -0.15) is 0 Å². The Balaban J connectivity index is 3.74. The molecule has 1 aliphatic heterocycles. The average Bonchev–Trinajstić information content (AvgIpc) is 2.92. The lowest BCUT2D eigenvalue weighted by Gasteiger charge is -2.30. The van der Waals surface area contributed by atoms with Crippen LogP contribution in [0.2, 0.25) is 0 Å². The molecule has 10 nitrogen and oxygen atoms in total. The van der Waals surface area contributed by atoms with E-state index in [-0.39, 0.29) is 6.04 Å². The number of carbonyl (C=O) groups is 4. The topological polar surface area (TPSA) is 127 Å². The number of cyclic esters (lactones) is 1. The van der Waals surface area contributed by atoms with E-state index in [1.54, 1.807) is 13.8 Å².